The summed E-state index contributed by atoms with van der Waals surface area (Å²) in [6.45, 7) is 4.43. The first-order valence-electron chi connectivity index (χ1n) is 7.08. The smallest absolute Gasteiger partial charge is 0.224 e. The Kier molecular flexibility index (Phi) is 5.48. The summed E-state index contributed by atoms with van der Waals surface area (Å²) in [5.74, 6) is -0.00992. The zero-order valence-electron chi connectivity index (χ0n) is 12.9. The van der Waals surface area contributed by atoms with E-state index in [1.165, 1.54) is 0 Å². The lowest BCUT2D eigenvalue weighted by Crippen LogP contribution is -2.27. The van der Waals surface area contributed by atoms with Crippen LogP contribution in [0.3, 0.4) is 0 Å². The molecule has 1 N–H and O–H groups in total. The fourth-order valence-electron chi connectivity index (χ4n) is 2.36. The monoisotopic (exact) mass is 339 g/mol. The van der Waals surface area contributed by atoms with Crippen LogP contribution in [0.4, 0.5) is 0 Å². The van der Waals surface area contributed by atoms with E-state index in [0.29, 0.717) is 29.4 Å². The largest absolute Gasteiger partial charge is 0.355 e. The molecule has 0 unspecified atom stereocenters. The molecule has 4 nitrogen and oxygen atoms in total. The summed E-state index contributed by atoms with van der Waals surface area (Å²) in [5, 5.41) is 8.47. The number of aryl methyl sites for hydroxylation is 2. The van der Waals surface area contributed by atoms with Gasteiger partial charge >= 0.3 is 0 Å². The van der Waals surface area contributed by atoms with E-state index in [9.17, 15) is 4.79 Å². The highest BCUT2D eigenvalue weighted by Crippen LogP contribution is 2.21. The van der Waals surface area contributed by atoms with Crippen LogP contribution >= 0.6 is 23.2 Å². The van der Waals surface area contributed by atoms with Crippen molar-refractivity contribution in [3.05, 3.63) is 50.8 Å². The van der Waals surface area contributed by atoms with Gasteiger partial charge in [-0.3, -0.25) is 9.48 Å². The van der Waals surface area contributed by atoms with Crippen molar-refractivity contribution in [3.8, 4) is 0 Å². The van der Waals surface area contributed by atoms with E-state index in [0.717, 1.165) is 22.5 Å². The Hall–Kier alpha value is -1.52. The summed E-state index contributed by atoms with van der Waals surface area (Å²) < 4.78 is 1.80. The molecule has 22 heavy (non-hydrogen) atoms. The van der Waals surface area contributed by atoms with Crippen LogP contribution in [0.2, 0.25) is 10.0 Å². The van der Waals surface area contributed by atoms with Gasteiger partial charge in [0.2, 0.25) is 5.91 Å². The molecule has 0 saturated carbocycles. The molecule has 118 valence electrons. The molecule has 0 atom stereocenters. The maximum absolute atomic E-state index is 12.1. The molecule has 2 rings (SSSR count). The molecule has 0 aliphatic carbocycles. The van der Waals surface area contributed by atoms with Crippen LogP contribution in [0.1, 0.15) is 22.5 Å². The molecule has 1 amide bonds. The highest BCUT2D eigenvalue weighted by atomic mass is 35.5. The molecule has 0 saturated heterocycles. The number of nitrogens with zero attached hydrogens (tertiary/aromatic N) is 2. The lowest BCUT2D eigenvalue weighted by Gasteiger charge is -2.07. The highest BCUT2D eigenvalue weighted by Gasteiger charge is 2.13. The number of hydrogen-bond acceptors (Lipinski definition) is 2. The highest BCUT2D eigenvalue weighted by molar-refractivity contribution is 6.35. The van der Waals surface area contributed by atoms with Gasteiger partial charge in [0, 0.05) is 34.9 Å². The molecule has 6 heteroatoms. The minimum Gasteiger partial charge on any atom is -0.355 e. The molecule has 0 radical (unpaired) electrons. The van der Waals surface area contributed by atoms with Crippen molar-refractivity contribution in [3.63, 3.8) is 0 Å². The summed E-state index contributed by atoms with van der Waals surface area (Å²) >= 11 is 12.0. The number of rotatable bonds is 5. The third kappa shape index (κ3) is 4.02. The number of carbonyl (C=O) groups is 1. The van der Waals surface area contributed by atoms with Gasteiger partial charge in [0.15, 0.2) is 0 Å². The number of amides is 1. The van der Waals surface area contributed by atoms with Crippen molar-refractivity contribution in [2.24, 2.45) is 7.05 Å². The van der Waals surface area contributed by atoms with Crippen LogP contribution in [0.25, 0.3) is 0 Å². The molecule has 0 bridgehead atoms. The van der Waals surface area contributed by atoms with Gasteiger partial charge in [-0.1, -0.05) is 29.3 Å². The van der Waals surface area contributed by atoms with Crippen LogP contribution in [-0.2, 0) is 24.7 Å². The summed E-state index contributed by atoms with van der Waals surface area (Å²) in [7, 11) is 1.88. The molecule has 1 aromatic heterocycles. The van der Waals surface area contributed by atoms with Crippen LogP contribution in [-0.4, -0.2) is 22.2 Å². The molecule has 2 aromatic rings. The van der Waals surface area contributed by atoms with Crippen LogP contribution in [0.15, 0.2) is 18.2 Å². The number of carbonyl (C=O) groups excluding carboxylic acids is 1. The third-order valence-corrected chi connectivity index (χ3v) is 4.31. The second-order valence-corrected chi connectivity index (χ2v) is 6.13. The average Bonchev–Trinajstić information content (AvgIpc) is 2.68. The van der Waals surface area contributed by atoms with Crippen LogP contribution < -0.4 is 5.32 Å². The number of nitrogens with one attached hydrogen (secondary N) is 1. The minimum absolute atomic E-state index is 0.00992. The predicted octanol–water partition coefficient (Wildman–Crippen LogP) is 3.25. The van der Waals surface area contributed by atoms with Gasteiger partial charge in [-0.2, -0.15) is 5.10 Å². The Morgan fingerprint density at radius 3 is 2.64 bits per heavy atom. The second-order valence-electron chi connectivity index (χ2n) is 5.29. The zero-order valence-corrected chi connectivity index (χ0v) is 14.4. The maximum Gasteiger partial charge on any atom is 0.224 e. The minimum atomic E-state index is -0.00992. The van der Waals surface area contributed by atoms with Crippen LogP contribution in [0, 0.1) is 13.8 Å². The van der Waals surface area contributed by atoms with Gasteiger partial charge in [0.05, 0.1) is 12.1 Å². The molecule has 1 heterocycles. The first-order valence-corrected chi connectivity index (χ1v) is 7.83. The maximum atomic E-state index is 12.1. The molecular formula is C16H19Cl2N3O. The van der Waals surface area contributed by atoms with E-state index in [1.807, 2.05) is 27.0 Å². The number of hydrogen-bond donors (Lipinski definition) is 1. The van der Waals surface area contributed by atoms with E-state index in [2.05, 4.69) is 10.4 Å². The van der Waals surface area contributed by atoms with Gasteiger partial charge < -0.3 is 5.32 Å². The summed E-state index contributed by atoms with van der Waals surface area (Å²) in [4.78, 5) is 12.1. The Morgan fingerprint density at radius 1 is 1.32 bits per heavy atom. The van der Waals surface area contributed by atoms with Gasteiger partial charge in [0.25, 0.3) is 0 Å². The topological polar surface area (TPSA) is 46.9 Å². The Morgan fingerprint density at radius 2 is 2.05 bits per heavy atom. The van der Waals surface area contributed by atoms with Gasteiger partial charge in [-0.15, -0.1) is 0 Å². The Labute approximate surface area is 140 Å². The van der Waals surface area contributed by atoms with Crippen molar-refractivity contribution in [2.75, 3.05) is 6.54 Å². The lowest BCUT2D eigenvalue weighted by molar-refractivity contribution is -0.120. The Bertz CT molecular complexity index is 695. The first-order chi connectivity index (χ1) is 10.4. The quantitative estimate of drug-likeness (QED) is 0.908. The SMILES string of the molecule is Cc1nn(C)c(C)c1CC(=O)NCCc1ccc(Cl)cc1Cl. The summed E-state index contributed by atoms with van der Waals surface area (Å²) in [6, 6.07) is 5.39. The third-order valence-electron chi connectivity index (χ3n) is 3.73. The lowest BCUT2D eigenvalue weighted by atomic mass is 10.1. The van der Waals surface area contributed by atoms with E-state index >= 15 is 0 Å². The average molecular weight is 340 g/mol. The van der Waals surface area contributed by atoms with Crippen LogP contribution in [0.5, 0.6) is 0 Å². The standard InChI is InChI=1S/C16H19Cl2N3O/c1-10-14(11(2)21(3)20-10)9-16(22)19-7-6-12-4-5-13(17)8-15(12)18/h4-5,8H,6-7,9H2,1-3H3,(H,19,22). The molecule has 0 aliphatic heterocycles. The fourth-order valence-corrected chi connectivity index (χ4v) is 2.86. The number of aromatic nitrogens is 2. The van der Waals surface area contributed by atoms with E-state index in [-0.39, 0.29) is 5.91 Å². The normalized spacial score (nSPS) is 10.8. The van der Waals surface area contributed by atoms with E-state index in [4.69, 9.17) is 23.2 Å². The van der Waals surface area contributed by atoms with Crippen molar-refractivity contribution in [1.29, 1.82) is 0 Å². The van der Waals surface area contributed by atoms with Gasteiger partial charge in [-0.25, -0.2) is 0 Å². The van der Waals surface area contributed by atoms with E-state index < -0.39 is 0 Å². The van der Waals surface area contributed by atoms with Crippen molar-refractivity contribution in [2.45, 2.75) is 26.7 Å². The summed E-state index contributed by atoms with van der Waals surface area (Å²) in [6.07, 6.45) is 1.02. The van der Waals surface area contributed by atoms with Crippen molar-refractivity contribution < 1.29 is 4.79 Å². The predicted molar refractivity (Wildman–Crippen MR) is 89.6 cm³/mol. The fraction of sp³-hybridized carbons (Fsp3) is 0.375. The van der Waals surface area contributed by atoms with Gasteiger partial charge in [0.1, 0.15) is 0 Å². The molecule has 0 aliphatic rings. The van der Waals surface area contributed by atoms with Crippen molar-refractivity contribution >= 4 is 29.1 Å². The Balaban J connectivity index is 1.88. The van der Waals surface area contributed by atoms with E-state index in [1.54, 1.807) is 16.8 Å². The molecule has 0 spiro atoms. The number of benzene rings is 1. The zero-order chi connectivity index (χ0) is 16.3. The summed E-state index contributed by atoms with van der Waals surface area (Å²) in [5.41, 5.74) is 3.88. The molecule has 0 fully saturated rings. The van der Waals surface area contributed by atoms with Gasteiger partial charge in [-0.05, 0) is 38.0 Å². The molecular weight excluding hydrogens is 321 g/mol. The first kappa shape index (κ1) is 16.8. The van der Waals surface area contributed by atoms with Crippen molar-refractivity contribution in [1.82, 2.24) is 15.1 Å². The number of halogens is 2. The molecule has 1 aromatic carbocycles. The second kappa shape index (κ2) is 7.16.